The molecular formula is C5H9BrN. The predicted molar refractivity (Wildman–Crippen MR) is 34.3 cm³/mol. The molecule has 2 heteroatoms. The summed E-state index contributed by atoms with van der Waals surface area (Å²) in [4.78, 5) is 2.80. The van der Waals surface area contributed by atoms with Crippen molar-refractivity contribution >= 4 is 15.9 Å². The number of likely N-dealkylation sites (tertiary alicyclic amines) is 1. The fraction of sp³-hybridized carbons (Fsp3) is 0.800. The number of alkyl halides is 1. The van der Waals surface area contributed by atoms with Gasteiger partial charge in [-0.2, -0.15) is 0 Å². The van der Waals surface area contributed by atoms with E-state index in [-0.39, 0.29) is 0 Å². The van der Waals surface area contributed by atoms with E-state index in [1.54, 1.807) is 0 Å². The molecule has 1 nitrogen and oxygen atoms in total. The molecule has 41 valence electrons. The van der Waals surface area contributed by atoms with E-state index >= 15 is 0 Å². The number of halogens is 1. The van der Waals surface area contributed by atoms with Gasteiger partial charge in [0.25, 0.3) is 0 Å². The van der Waals surface area contributed by atoms with Gasteiger partial charge in [0.15, 0.2) is 0 Å². The maximum atomic E-state index is 3.47. The first kappa shape index (κ1) is 5.57. The zero-order valence-electron chi connectivity index (χ0n) is 4.39. The lowest BCUT2D eigenvalue weighted by molar-refractivity contribution is 0.405. The molecule has 1 rings (SSSR count). The van der Waals surface area contributed by atoms with Crippen molar-refractivity contribution in [3.63, 3.8) is 0 Å². The van der Waals surface area contributed by atoms with Crippen LogP contribution in [0.5, 0.6) is 0 Å². The van der Waals surface area contributed by atoms with E-state index in [9.17, 15) is 0 Å². The Bertz CT molecular complexity index is 57.1. The van der Waals surface area contributed by atoms with Gasteiger partial charge in [-0.05, 0) is 26.4 Å². The Hall–Kier alpha value is 0.440. The largest absolute Gasteiger partial charge is 0.294 e. The van der Waals surface area contributed by atoms with Crippen LogP contribution >= 0.6 is 15.9 Å². The third kappa shape index (κ3) is 1.16. The average molecular weight is 163 g/mol. The molecule has 1 fully saturated rings. The van der Waals surface area contributed by atoms with Gasteiger partial charge in [-0.15, -0.1) is 0 Å². The van der Waals surface area contributed by atoms with Crippen LogP contribution in [0.3, 0.4) is 0 Å². The highest BCUT2D eigenvalue weighted by molar-refractivity contribution is 9.09. The normalized spacial score (nSPS) is 34.3. The number of hydrogen-bond acceptors (Lipinski definition) is 1. The monoisotopic (exact) mass is 162 g/mol. The quantitative estimate of drug-likeness (QED) is 0.383. The molecule has 0 bridgehead atoms. The fourth-order valence-corrected chi connectivity index (χ4v) is 1.19. The molecule has 1 saturated heterocycles. The Kier molecular flexibility index (Phi) is 1.70. The average Bonchev–Trinajstić information content (AvgIpc) is 1.91. The molecule has 1 radical (unpaired) electrons. The van der Waals surface area contributed by atoms with Crippen LogP contribution in [0.25, 0.3) is 0 Å². The van der Waals surface area contributed by atoms with Gasteiger partial charge in [-0.25, -0.2) is 0 Å². The summed E-state index contributed by atoms with van der Waals surface area (Å²) in [6.45, 7) is 1.20. The third-order valence-electron chi connectivity index (χ3n) is 1.26. The van der Waals surface area contributed by atoms with Crippen molar-refractivity contribution in [2.45, 2.75) is 11.4 Å². The molecule has 1 atom stereocenters. The van der Waals surface area contributed by atoms with Crippen LogP contribution in [0.2, 0.25) is 0 Å². The Morgan fingerprint density at radius 1 is 1.86 bits per heavy atom. The van der Waals surface area contributed by atoms with E-state index in [1.807, 2.05) is 0 Å². The van der Waals surface area contributed by atoms with Crippen LogP contribution in [0, 0.1) is 6.42 Å². The number of hydrogen-bond donors (Lipinski definition) is 0. The zero-order chi connectivity index (χ0) is 5.28. The van der Waals surface area contributed by atoms with Gasteiger partial charge in [0, 0.05) is 0 Å². The second-order valence-electron chi connectivity index (χ2n) is 1.88. The van der Waals surface area contributed by atoms with Crippen LogP contribution < -0.4 is 0 Å². The van der Waals surface area contributed by atoms with Crippen LogP contribution in [0.4, 0.5) is 0 Å². The second-order valence-corrected chi connectivity index (χ2v) is 2.82. The van der Waals surface area contributed by atoms with Gasteiger partial charge in [0.2, 0.25) is 0 Å². The Morgan fingerprint density at radius 2 is 2.57 bits per heavy atom. The van der Waals surface area contributed by atoms with Crippen molar-refractivity contribution in [2.24, 2.45) is 0 Å². The second kappa shape index (κ2) is 2.14. The van der Waals surface area contributed by atoms with Crippen LogP contribution in [-0.2, 0) is 0 Å². The lowest BCUT2D eigenvalue weighted by atomic mass is 10.4. The minimum atomic E-state index is 0.535. The van der Waals surface area contributed by atoms with Crippen LogP contribution in [-0.4, -0.2) is 23.4 Å². The molecule has 0 amide bonds. The lowest BCUT2D eigenvalue weighted by Gasteiger charge is -2.10. The van der Waals surface area contributed by atoms with Crippen LogP contribution in [0.1, 0.15) is 6.42 Å². The van der Waals surface area contributed by atoms with E-state index in [0.717, 1.165) is 0 Å². The molecule has 1 unspecified atom stereocenters. The van der Waals surface area contributed by atoms with Crippen molar-refractivity contribution in [3.05, 3.63) is 6.42 Å². The molecule has 7 heavy (non-hydrogen) atoms. The molecular weight excluding hydrogens is 154 g/mol. The van der Waals surface area contributed by atoms with Gasteiger partial charge in [0.1, 0.15) is 0 Å². The van der Waals surface area contributed by atoms with Gasteiger partial charge in [-0.1, -0.05) is 15.9 Å². The van der Waals surface area contributed by atoms with E-state index in [2.05, 4.69) is 34.3 Å². The summed E-state index contributed by atoms with van der Waals surface area (Å²) in [6.07, 6.45) is 3.49. The summed E-state index contributed by atoms with van der Waals surface area (Å²) >= 11 is 3.47. The van der Waals surface area contributed by atoms with Gasteiger partial charge >= 0.3 is 0 Å². The Labute approximate surface area is 52.8 Å². The van der Waals surface area contributed by atoms with E-state index in [1.165, 1.54) is 13.0 Å². The first-order chi connectivity index (χ1) is 3.30. The summed E-state index contributed by atoms with van der Waals surface area (Å²) in [5.74, 6) is 0. The Balaban J connectivity index is 2.33. The summed E-state index contributed by atoms with van der Waals surface area (Å²) in [5.41, 5.74) is 0. The highest BCUT2D eigenvalue weighted by Gasteiger charge is 2.16. The summed E-state index contributed by atoms with van der Waals surface area (Å²) in [5, 5.41) is 0. The van der Waals surface area contributed by atoms with Gasteiger partial charge in [0.05, 0.1) is 4.95 Å². The molecule has 1 aliphatic rings. The molecule has 0 aromatic heterocycles. The molecule has 0 saturated carbocycles. The van der Waals surface area contributed by atoms with E-state index in [4.69, 9.17) is 0 Å². The van der Waals surface area contributed by atoms with Crippen molar-refractivity contribution in [1.29, 1.82) is 0 Å². The first-order valence-corrected chi connectivity index (χ1v) is 3.40. The number of nitrogens with zero attached hydrogens (tertiary/aromatic N) is 1. The standard InChI is InChI=1S/C5H9BrN/c1-7-4-2-3-5(7)6/h3,5H,2,4H2,1H3. The predicted octanol–water partition coefficient (Wildman–Crippen LogP) is 1.25. The topological polar surface area (TPSA) is 3.24 Å². The first-order valence-electron chi connectivity index (χ1n) is 2.48. The smallest absolute Gasteiger partial charge is 0.0685 e. The molecule has 1 heterocycles. The van der Waals surface area contributed by atoms with Gasteiger partial charge in [-0.3, -0.25) is 4.90 Å². The fourth-order valence-electron chi connectivity index (χ4n) is 0.719. The number of rotatable bonds is 0. The molecule has 0 aliphatic carbocycles. The summed E-state index contributed by atoms with van der Waals surface area (Å²) in [6, 6.07) is 0. The minimum absolute atomic E-state index is 0.535. The highest BCUT2D eigenvalue weighted by Crippen LogP contribution is 2.17. The Morgan fingerprint density at radius 3 is 2.71 bits per heavy atom. The molecule has 1 aliphatic heterocycles. The van der Waals surface area contributed by atoms with Crippen molar-refractivity contribution < 1.29 is 0 Å². The minimum Gasteiger partial charge on any atom is -0.294 e. The maximum Gasteiger partial charge on any atom is 0.0685 e. The van der Waals surface area contributed by atoms with Crippen molar-refractivity contribution in [2.75, 3.05) is 13.6 Å². The SMILES string of the molecule is CN1CC[CH]C1Br. The molecule has 0 aromatic carbocycles. The van der Waals surface area contributed by atoms with Crippen LogP contribution in [0.15, 0.2) is 0 Å². The highest BCUT2D eigenvalue weighted by atomic mass is 79.9. The van der Waals surface area contributed by atoms with E-state index < -0.39 is 0 Å². The third-order valence-corrected chi connectivity index (χ3v) is 2.34. The van der Waals surface area contributed by atoms with Crippen molar-refractivity contribution in [3.8, 4) is 0 Å². The molecule has 0 spiro atoms. The summed E-state index contributed by atoms with van der Waals surface area (Å²) < 4.78 is 0. The maximum absolute atomic E-state index is 3.47. The lowest BCUT2D eigenvalue weighted by Crippen LogP contribution is -2.18. The van der Waals surface area contributed by atoms with E-state index in [0.29, 0.717) is 4.95 Å². The molecule has 0 N–H and O–H groups in total. The molecule has 0 aromatic rings. The summed E-state index contributed by atoms with van der Waals surface area (Å²) in [7, 11) is 2.11. The zero-order valence-corrected chi connectivity index (χ0v) is 5.98. The van der Waals surface area contributed by atoms with Gasteiger partial charge < -0.3 is 0 Å². The van der Waals surface area contributed by atoms with Crippen molar-refractivity contribution in [1.82, 2.24) is 4.90 Å².